The molecule has 0 saturated heterocycles. The third-order valence-electron chi connectivity index (χ3n) is 6.47. The summed E-state index contributed by atoms with van der Waals surface area (Å²) in [6.07, 6.45) is 0.345. The summed E-state index contributed by atoms with van der Waals surface area (Å²) in [5.41, 5.74) is 1.70. The SMILES string of the molecule is CC(C)CNC(=O)[C@@H](Cc1ccccc1)N(Cc1ccc(Cl)c(Cl)c1)C(=O)COc1ccc2ccccc2c1Br. The molecule has 0 radical (unpaired) electrons. The van der Waals surface area contributed by atoms with E-state index in [2.05, 4.69) is 21.2 Å². The third-order valence-corrected chi connectivity index (χ3v) is 8.03. The summed E-state index contributed by atoms with van der Waals surface area (Å²) in [7, 11) is 0. The van der Waals surface area contributed by atoms with E-state index >= 15 is 0 Å². The van der Waals surface area contributed by atoms with Gasteiger partial charge in [-0.1, -0.05) is 104 Å². The van der Waals surface area contributed by atoms with E-state index in [0.29, 0.717) is 28.8 Å². The van der Waals surface area contributed by atoms with Crippen molar-refractivity contribution in [2.45, 2.75) is 32.9 Å². The van der Waals surface area contributed by atoms with Crippen molar-refractivity contribution in [2.75, 3.05) is 13.2 Å². The standard InChI is InChI=1S/C32H31BrCl2N2O3/c1-21(2)18-36-32(39)28(17-22-8-4-3-5-9-22)37(19-23-12-14-26(34)27(35)16-23)30(38)20-40-29-15-13-24-10-6-7-11-25(24)31(29)33/h3-16,21,28H,17-20H2,1-2H3,(H,36,39)/t28-/m1/s1. The molecule has 0 aliphatic heterocycles. The Morgan fingerprint density at radius 1 is 0.900 bits per heavy atom. The molecule has 0 aromatic heterocycles. The Balaban J connectivity index is 1.65. The van der Waals surface area contributed by atoms with E-state index in [1.165, 1.54) is 0 Å². The summed E-state index contributed by atoms with van der Waals surface area (Å²) in [5, 5.41) is 5.86. The van der Waals surface area contributed by atoms with Crippen molar-refractivity contribution in [2.24, 2.45) is 5.92 Å². The van der Waals surface area contributed by atoms with Gasteiger partial charge in [-0.2, -0.15) is 0 Å². The molecule has 2 amide bonds. The Hall–Kier alpha value is -3.06. The molecule has 4 rings (SSSR count). The van der Waals surface area contributed by atoms with Gasteiger partial charge >= 0.3 is 0 Å². The van der Waals surface area contributed by atoms with Gasteiger partial charge in [-0.3, -0.25) is 9.59 Å². The lowest BCUT2D eigenvalue weighted by Gasteiger charge is -2.32. The number of hydrogen-bond donors (Lipinski definition) is 1. The number of hydrogen-bond acceptors (Lipinski definition) is 3. The Labute approximate surface area is 253 Å². The van der Waals surface area contributed by atoms with Crippen molar-refractivity contribution >= 4 is 61.7 Å². The van der Waals surface area contributed by atoms with E-state index < -0.39 is 6.04 Å². The highest BCUT2D eigenvalue weighted by atomic mass is 79.9. The van der Waals surface area contributed by atoms with Gasteiger partial charge in [0, 0.05) is 19.5 Å². The summed E-state index contributed by atoms with van der Waals surface area (Å²) < 4.78 is 6.80. The molecule has 0 spiro atoms. The van der Waals surface area contributed by atoms with Gasteiger partial charge in [-0.05, 0) is 61.9 Å². The van der Waals surface area contributed by atoms with Crippen LogP contribution in [-0.2, 0) is 22.6 Å². The maximum atomic E-state index is 13.9. The molecule has 208 valence electrons. The molecule has 0 unspecified atom stereocenters. The number of carbonyl (C=O) groups is 2. The number of ether oxygens (including phenoxy) is 1. The van der Waals surface area contributed by atoms with E-state index in [1.54, 1.807) is 23.1 Å². The second kappa shape index (κ2) is 14.0. The first-order valence-electron chi connectivity index (χ1n) is 13.1. The van der Waals surface area contributed by atoms with Gasteiger partial charge in [0.2, 0.25) is 5.91 Å². The summed E-state index contributed by atoms with van der Waals surface area (Å²) in [4.78, 5) is 29.0. The molecule has 40 heavy (non-hydrogen) atoms. The molecule has 0 heterocycles. The molecule has 4 aromatic rings. The molecule has 0 aliphatic rings. The second-order valence-corrected chi connectivity index (χ2v) is 11.6. The van der Waals surface area contributed by atoms with E-state index in [1.807, 2.05) is 80.6 Å². The number of nitrogens with one attached hydrogen (secondary N) is 1. The van der Waals surface area contributed by atoms with Crippen LogP contribution in [-0.4, -0.2) is 35.9 Å². The normalized spacial score (nSPS) is 11.8. The fourth-order valence-electron chi connectivity index (χ4n) is 4.36. The minimum Gasteiger partial charge on any atom is -0.483 e. The highest BCUT2D eigenvalue weighted by Gasteiger charge is 2.31. The molecule has 0 saturated carbocycles. The summed E-state index contributed by atoms with van der Waals surface area (Å²) in [6, 6.07) is 25.8. The zero-order chi connectivity index (χ0) is 28.6. The Bertz CT molecular complexity index is 1480. The number of benzene rings is 4. The fraction of sp³-hybridized carbons (Fsp3) is 0.250. The first-order chi connectivity index (χ1) is 19.2. The average molecular weight is 642 g/mol. The van der Waals surface area contributed by atoms with Crippen LogP contribution < -0.4 is 10.1 Å². The zero-order valence-corrected chi connectivity index (χ0v) is 25.5. The van der Waals surface area contributed by atoms with Crippen LogP contribution in [0.2, 0.25) is 10.0 Å². The number of rotatable bonds is 11. The molecular weight excluding hydrogens is 611 g/mol. The van der Waals surface area contributed by atoms with Crippen molar-refractivity contribution in [3.8, 4) is 5.75 Å². The summed E-state index contributed by atoms with van der Waals surface area (Å²) in [6.45, 7) is 4.46. The number of carbonyl (C=O) groups excluding carboxylic acids is 2. The van der Waals surface area contributed by atoms with E-state index in [9.17, 15) is 9.59 Å². The minimum atomic E-state index is -0.772. The first kappa shape index (κ1) is 29.9. The van der Waals surface area contributed by atoms with Crippen LogP contribution >= 0.6 is 39.1 Å². The maximum absolute atomic E-state index is 13.9. The topological polar surface area (TPSA) is 58.6 Å². The zero-order valence-electron chi connectivity index (χ0n) is 22.4. The number of fused-ring (bicyclic) bond motifs is 1. The minimum absolute atomic E-state index is 0.157. The third kappa shape index (κ3) is 7.78. The lowest BCUT2D eigenvalue weighted by molar-refractivity contribution is -0.142. The number of halogens is 3. The average Bonchev–Trinajstić information content (AvgIpc) is 2.95. The largest absolute Gasteiger partial charge is 0.483 e. The van der Waals surface area contributed by atoms with Crippen LogP contribution in [0, 0.1) is 5.92 Å². The molecule has 1 N–H and O–H groups in total. The van der Waals surface area contributed by atoms with Gasteiger partial charge in [0.25, 0.3) is 5.91 Å². The quantitative estimate of drug-likeness (QED) is 0.183. The highest BCUT2D eigenvalue weighted by Crippen LogP contribution is 2.33. The van der Waals surface area contributed by atoms with Crippen molar-refractivity contribution in [1.82, 2.24) is 10.2 Å². The number of amides is 2. The van der Waals surface area contributed by atoms with Crippen LogP contribution in [0.5, 0.6) is 5.75 Å². The predicted octanol–water partition coefficient (Wildman–Crippen LogP) is 7.70. The van der Waals surface area contributed by atoms with E-state index in [0.717, 1.165) is 26.4 Å². The van der Waals surface area contributed by atoms with Crippen molar-refractivity contribution in [1.29, 1.82) is 0 Å². The molecule has 0 aliphatic carbocycles. The monoisotopic (exact) mass is 640 g/mol. The highest BCUT2D eigenvalue weighted by molar-refractivity contribution is 9.10. The lowest BCUT2D eigenvalue weighted by Crippen LogP contribution is -2.52. The molecule has 0 bridgehead atoms. The molecule has 4 aromatic carbocycles. The van der Waals surface area contributed by atoms with Gasteiger partial charge < -0.3 is 15.0 Å². The van der Waals surface area contributed by atoms with Gasteiger partial charge in [-0.15, -0.1) is 0 Å². The van der Waals surface area contributed by atoms with Gasteiger partial charge in [-0.25, -0.2) is 0 Å². The summed E-state index contributed by atoms with van der Waals surface area (Å²) in [5.74, 6) is 0.254. The molecule has 5 nitrogen and oxygen atoms in total. The fourth-order valence-corrected chi connectivity index (χ4v) is 5.29. The molecule has 8 heteroatoms. The van der Waals surface area contributed by atoms with Crippen LogP contribution in [0.3, 0.4) is 0 Å². The van der Waals surface area contributed by atoms with Gasteiger partial charge in [0.05, 0.1) is 14.5 Å². The smallest absolute Gasteiger partial charge is 0.261 e. The Morgan fingerprint density at radius 3 is 2.35 bits per heavy atom. The van der Waals surface area contributed by atoms with Crippen LogP contribution in [0.4, 0.5) is 0 Å². The Kier molecular flexibility index (Phi) is 10.5. The maximum Gasteiger partial charge on any atom is 0.261 e. The van der Waals surface area contributed by atoms with Crippen LogP contribution in [0.15, 0.2) is 89.4 Å². The molecule has 1 atom stereocenters. The van der Waals surface area contributed by atoms with Crippen LogP contribution in [0.25, 0.3) is 10.8 Å². The Morgan fingerprint density at radius 2 is 1.62 bits per heavy atom. The van der Waals surface area contributed by atoms with Crippen molar-refractivity contribution in [3.05, 3.63) is 111 Å². The summed E-state index contributed by atoms with van der Waals surface area (Å²) >= 11 is 16.1. The van der Waals surface area contributed by atoms with Crippen molar-refractivity contribution in [3.63, 3.8) is 0 Å². The lowest BCUT2D eigenvalue weighted by atomic mass is 10.0. The van der Waals surface area contributed by atoms with Gasteiger partial charge in [0.1, 0.15) is 11.8 Å². The predicted molar refractivity (Wildman–Crippen MR) is 166 cm³/mol. The van der Waals surface area contributed by atoms with Gasteiger partial charge in [0.15, 0.2) is 6.61 Å². The number of nitrogens with zero attached hydrogens (tertiary/aromatic N) is 1. The molecule has 0 fully saturated rings. The van der Waals surface area contributed by atoms with E-state index in [-0.39, 0.29) is 30.9 Å². The second-order valence-electron chi connectivity index (χ2n) is 10.0. The van der Waals surface area contributed by atoms with Crippen molar-refractivity contribution < 1.29 is 14.3 Å². The van der Waals surface area contributed by atoms with E-state index in [4.69, 9.17) is 27.9 Å². The van der Waals surface area contributed by atoms with Crippen LogP contribution in [0.1, 0.15) is 25.0 Å². The first-order valence-corrected chi connectivity index (χ1v) is 14.6. The molecular formula is C32H31BrCl2N2O3.